The Bertz CT molecular complexity index is 448. The summed E-state index contributed by atoms with van der Waals surface area (Å²) in [4.78, 5) is 12.2. The maximum Gasteiger partial charge on any atom is 0.268 e. The van der Waals surface area contributed by atoms with Crippen molar-refractivity contribution in [2.45, 2.75) is 33.2 Å². The lowest BCUT2D eigenvalue weighted by molar-refractivity contribution is 0.0238. The zero-order valence-electron chi connectivity index (χ0n) is 11.7. The smallest absolute Gasteiger partial charge is 0.268 e. The molecular weight excluding hydrogens is 242 g/mol. The van der Waals surface area contributed by atoms with Crippen molar-refractivity contribution in [2.24, 2.45) is 5.41 Å². The zero-order valence-corrected chi connectivity index (χ0v) is 11.7. The van der Waals surface area contributed by atoms with Gasteiger partial charge in [0.05, 0.1) is 5.69 Å². The van der Waals surface area contributed by atoms with Crippen molar-refractivity contribution in [3.63, 3.8) is 0 Å². The van der Waals surface area contributed by atoms with Gasteiger partial charge in [-0.05, 0) is 31.2 Å². The highest BCUT2D eigenvalue weighted by Gasteiger charge is 2.28. The minimum absolute atomic E-state index is 0.0498. The van der Waals surface area contributed by atoms with Gasteiger partial charge in [0.25, 0.3) is 5.91 Å². The number of carbonyl (C=O) groups is 1. The number of nitrogen functional groups attached to an aromatic ring is 1. The molecule has 2 heterocycles. The third-order valence-electron chi connectivity index (χ3n) is 3.87. The number of rotatable bonds is 4. The number of amides is 1. The molecule has 0 unspecified atom stereocenters. The predicted octanol–water partition coefficient (Wildman–Crippen LogP) is 1.64. The summed E-state index contributed by atoms with van der Waals surface area (Å²) < 4.78 is 7.23. The van der Waals surface area contributed by atoms with Crippen LogP contribution in [0, 0.1) is 5.41 Å². The molecule has 5 heteroatoms. The largest absolute Gasteiger partial charge is 0.397 e. The van der Waals surface area contributed by atoms with Crippen LogP contribution in [0.3, 0.4) is 0 Å². The normalized spacial score (nSPS) is 18.2. The molecule has 0 atom stereocenters. The van der Waals surface area contributed by atoms with Gasteiger partial charge in [0, 0.05) is 32.5 Å². The van der Waals surface area contributed by atoms with Gasteiger partial charge in [-0.15, -0.1) is 0 Å². The molecular formula is C14H23N3O2. The van der Waals surface area contributed by atoms with E-state index in [1.807, 2.05) is 11.5 Å². The van der Waals surface area contributed by atoms with Crippen molar-refractivity contribution in [1.82, 2.24) is 9.88 Å². The lowest BCUT2D eigenvalue weighted by atomic mass is 9.82. The third-order valence-corrected chi connectivity index (χ3v) is 3.87. The molecule has 0 aliphatic carbocycles. The SMILES string of the molecule is CCn1cc(N)cc1C(=O)NCC1(C)CCOCC1. The Morgan fingerprint density at radius 3 is 2.84 bits per heavy atom. The quantitative estimate of drug-likeness (QED) is 0.869. The van der Waals surface area contributed by atoms with Crippen LogP contribution in [-0.2, 0) is 11.3 Å². The second kappa shape index (κ2) is 5.65. The molecule has 1 fully saturated rings. The summed E-state index contributed by atoms with van der Waals surface area (Å²) in [6.07, 6.45) is 3.78. The van der Waals surface area contributed by atoms with Gasteiger partial charge in [-0.1, -0.05) is 6.92 Å². The number of anilines is 1. The van der Waals surface area contributed by atoms with E-state index in [0.717, 1.165) is 32.6 Å². The molecule has 106 valence electrons. The van der Waals surface area contributed by atoms with Crippen LogP contribution in [0.25, 0.3) is 0 Å². The van der Waals surface area contributed by atoms with Crippen LogP contribution < -0.4 is 11.1 Å². The van der Waals surface area contributed by atoms with E-state index >= 15 is 0 Å². The van der Waals surface area contributed by atoms with Crippen LogP contribution in [0.5, 0.6) is 0 Å². The molecule has 1 aromatic heterocycles. The number of hydrogen-bond donors (Lipinski definition) is 2. The van der Waals surface area contributed by atoms with Crippen molar-refractivity contribution in [3.8, 4) is 0 Å². The van der Waals surface area contributed by atoms with E-state index in [2.05, 4.69) is 12.2 Å². The highest BCUT2D eigenvalue weighted by Crippen LogP contribution is 2.28. The number of aromatic nitrogens is 1. The van der Waals surface area contributed by atoms with E-state index in [1.54, 1.807) is 12.3 Å². The predicted molar refractivity (Wildman–Crippen MR) is 75.0 cm³/mol. The van der Waals surface area contributed by atoms with E-state index in [0.29, 0.717) is 17.9 Å². The first-order valence-corrected chi connectivity index (χ1v) is 6.86. The highest BCUT2D eigenvalue weighted by molar-refractivity contribution is 5.93. The van der Waals surface area contributed by atoms with Gasteiger partial charge in [0.2, 0.25) is 0 Å². The summed E-state index contributed by atoms with van der Waals surface area (Å²) in [6.45, 7) is 7.18. The third kappa shape index (κ3) is 3.29. The van der Waals surface area contributed by atoms with Gasteiger partial charge in [-0.25, -0.2) is 0 Å². The summed E-state index contributed by atoms with van der Waals surface area (Å²) in [5.41, 5.74) is 7.15. The summed E-state index contributed by atoms with van der Waals surface area (Å²) in [6, 6.07) is 1.73. The standard InChI is InChI=1S/C14H23N3O2/c1-3-17-9-11(15)8-12(17)13(18)16-10-14(2)4-6-19-7-5-14/h8-9H,3-7,10,15H2,1-2H3,(H,16,18). The molecule has 1 saturated heterocycles. The Morgan fingerprint density at radius 2 is 2.21 bits per heavy atom. The first-order chi connectivity index (χ1) is 9.04. The van der Waals surface area contributed by atoms with Gasteiger partial charge in [-0.2, -0.15) is 0 Å². The summed E-state index contributed by atoms with van der Waals surface area (Å²) >= 11 is 0. The molecule has 0 aromatic carbocycles. The fourth-order valence-corrected chi connectivity index (χ4v) is 2.41. The lowest BCUT2D eigenvalue weighted by Crippen LogP contribution is -2.39. The monoisotopic (exact) mass is 265 g/mol. The van der Waals surface area contributed by atoms with Crippen LogP contribution in [0.1, 0.15) is 37.2 Å². The lowest BCUT2D eigenvalue weighted by Gasteiger charge is -2.33. The van der Waals surface area contributed by atoms with Gasteiger partial charge in [0.15, 0.2) is 0 Å². The second-order valence-corrected chi connectivity index (χ2v) is 5.55. The van der Waals surface area contributed by atoms with E-state index in [9.17, 15) is 4.79 Å². The molecule has 1 aliphatic heterocycles. The minimum Gasteiger partial charge on any atom is -0.397 e. The number of nitrogens with one attached hydrogen (secondary N) is 1. The molecule has 0 radical (unpaired) electrons. The van der Waals surface area contributed by atoms with Crippen molar-refractivity contribution in [1.29, 1.82) is 0 Å². The van der Waals surface area contributed by atoms with Crippen LogP contribution >= 0.6 is 0 Å². The van der Waals surface area contributed by atoms with Gasteiger partial charge in [0.1, 0.15) is 5.69 Å². The maximum atomic E-state index is 12.2. The van der Waals surface area contributed by atoms with E-state index in [1.165, 1.54) is 0 Å². The number of nitrogens with two attached hydrogens (primary N) is 1. The summed E-state index contributed by atoms with van der Waals surface area (Å²) in [5.74, 6) is -0.0498. The Morgan fingerprint density at radius 1 is 1.53 bits per heavy atom. The molecule has 19 heavy (non-hydrogen) atoms. The van der Waals surface area contributed by atoms with E-state index in [4.69, 9.17) is 10.5 Å². The molecule has 0 spiro atoms. The number of aryl methyl sites for hydroxylation is 1. The van der Waals surface area contributed by atoms with Crippen molar-refractivity contribution in [3.05, 3.63) is 18.0 Å². The molecule has 2 rings (SSSR count). The van der Waals surface area contributed by atoms with E-state index in [-0.39, 0.29) is 11.3 Å². The zero-order chi connectivity index (χ0) is 13.9. The summed E-state index contributed by atoms with van der Waals surface area (Å²) in [5, 5.41) is 3.03. The molecule has 0 bridgehead atoms. The average Bonchev–Trinajstić information content (AvgIpc) is 2.78. The van der Waals surface area contributed by atoms with Gasteiger partial charge < -0.3 is 20.4 Å². The number of carbonyl (C=O) groups excluding carboxylic acids is 1. The average molecular weight is 265 g/mol. The Hall–Kier alpha value is -1.49. The van der Waals surface area contributed by atoms with Crippen LogP contribution in [-0.4, -0.2) is 30.2 Å². The number of ether oxygens (including phenoxy) is 1. The topological polar surface area (TPSA) is 69.3 Å². The van der Waals surface area contributed by atoms with Crippen molar-refractivity contribution >= 4 is 11.6 Å². The second-order valence-electron chi connectivity index (χ2n) is 5.55. The van der Waals surface area contributed by atoms with Crippen molar-refractivity contribution < 1.29 is 9.53 Å². The Labute approximate surface area is 114 Å². The molecule has 3 N–H and O–H groups in total. The number of nitrogens with zero attached hydrogens (tertiary/aromatic N) is 1. The van der Waals surface area contributed by atoms with E-state index < -0.39 is 0 Å². The maximum absolute atomic E-state index is 12.2. The molecule has 5 nitrogen and oxygen atoms in total. The molecule has 1 amide bonds. The molecule has 0 saturated carbocycles. The van der Waals surface area contributed by atoms with Crippen molar-refractivity contribution in [2.75, 3.05) is 25.5 Å². The summed E-state index contributed by atoms with van der Waals surface area (Å²) in [7, 11) is 0. The van der Waals surface area contributed by atoms with Gasteiger partial charge in [-0.3, -0.25) is 4.79 Å². The fraction of sp³-hybridized carbons (Fsp3) is 0.643. The fourth-order valence-electron chi connectivity index (χ4n) is 2.41. The first-order valence-electron chi connectivity index (χ1n) is 6.86. The molecule has 1 aromatic rings. The molecule has 1 aliphatic rings. The minimum atomic E-state index is -0.0498. The van der Waals surface area contributed by atoms with Gasteiger partial charge >= 0.3 is 0 Å². The first kappa shape index (κ1) is 13.9. The van der Waals surface area contributed by atoms with Crippen LogP contribution in [0.4, 0.5) is 5.69 Å². The highest BCUT2D eigenvalue weighted by atomic mass is 16.5. The number of hydrogen-bond acceptors (Lipinski definition) is 3. The van der Waals surface area contributed by atoms with Crippen LogP contribution in [0.15, 0.2) is 12.3 Å². The Kier molecular flexibility index (Phi) is 4.14. The Balaban J connectivity index is 1.97. The van der Waals surface area contributed by atoms with Crippen LogP contribution in [0.2, 0.25) is 0 Å².